The molecule has 2 fully saturated rings. The summed E-state index contributed by atoms with van der Waals surface area (Å²) >= 11 is 1.33. The van der Waals surface area contributed by atoms with E-state index >= 15 is 0 Å². The van der Waals surface area contributed by atoms with Gasteiger partial charge in [-0.25, -0.2) is 9.59 Å². The van der Waals surface area contributed by atoms with Crippen molar-refractivity contribution in [3.05, 3.63) is 22.4 Å². The zero-order chi connectivity index (χ0) is 14.1. The van der Waals surface area contributed by atoms with E-state index in [-0.39, 0.29) is 12.1 Å². The quantitative estimate of drug-likeness (QED) is 0.753. The molecule has 1 unspecified atom stereocenters. The Balaban J connectivity index is 1.60. The number of hydrogen-bond acceptors (Lipinski definition) is 3. The molecule has 3 N–H and O–H groups in total. The molecular formula is C14H18N2O3S. The minimum Gasteiger partial charge on any atom is -0.479 e. The van der Waals surface area contributed by atoms with E-state index in [0.29, 0.717) is 16.7 Å². The molecule has 1 aromatic heterocycles. The Morgan fingerprint density at radius 1 is 1.20 bits per heavy atom. The molecular weight excluding hydrogens is 276 g/mol. The highest BCUT2D eigenvalue weighted by molar-refractivity contribution is 7.10. The third kappa shape index (κ3) is 3.12. The van der Waals surface area contributed by atoms with Gasteiger partial charge in [0.1, 0.15) is 0 Å². The summed E-state index contributed by atoms with van der Waals surface area (Å²) in [5.41, 5.74) is 0. The van der Waals surface area contributed by atoms with Crippen LogP contribution in [0.25, 0.3) is 0 Å². The molecule has 0 spiro atoms. The van der Waals surface area contributed by atoms with Crippen molar-refractivity contribution in [1.29, 1.82) is 0 Å². The van der Waals surface area contributed by atoms with E-state index in [1.54, 1.807) is 12.1 Å². The summed E-state index contributed by atoms with van der Waals surface area (Å²) in [5, 5.41) is 16.6. The van der Waals surface area contributed by atoms with Gasteiger partial charge >= 0.3 is 12.0 Å². The van der Waals surface area contributed by atoms with Crippen LogP contribution < -0.4 is 10.6 Å². The minimum absolute atomic E-state index is 0.229. The van der Waals surface area contributed by atoms with Crippen LogP contribution in [0, 0.1) is 11.8 Å². The van der Waals surface area contributed by atoms with Gasteiger partial charge in [0.2, 0.25) is 0 Å². The second-order valence-corrected chi connectivity index (χ2v) is 6.58. The van der Waals surface area contributed by atoms with Crippen molar-refractivity contribution in [1.82, 2.24) is 10.6 Å². The molecule has 20 heavy (non-hydrogen) atoms. The van der Waals surface area contributed by atoms with Crippen LogP contribution in [0.1, 0.15) is 36.6 Å². The maximum absolute atomic E-state index is 12.0. The molecule has 5 nitrogen and oxygen atoms in total. The molecule has 1 atom stereocenters. The number of carboxylic acid groups (broad SMARTS) is 1. The first-order chi connectivity index (χ1) is 9.65. The Labute approximate surface area is 121 Å². The summed E-state index contributed by atoms with van der Waals surface area (Å²) in [4.78, 5) is 24.0. The number of carboxylic acids is 1. The van der Waals surface area contributed by atoms with Gasteiger partial charge in [0.25, 0.3) is 0 Å². The SMILES string of the molecule is O=C(NC(C(=O)O)c1cccs1)NC(C1CC1)C1CC1. The van der Waals surface area contributed by atoms with Gasteiger partial charge in [0.05, 0.1) is 0 Å². The van der Waals surface area contributed by atoms with Crippen molar-refractivity contribution in [3.8, 4) is 0 Å². The number of aliphatic carboxylic acids is 1. The number of amides is 2. The molecule has 2 aliphatic carbocycles. The number of hydrogen-bond donors (Lipinski definition) is 3. The molecule has 2 aliphatic rings. The first-order valence-corrected chi connectivity index (χ1v) is 7.86. The first-order valence-electron chi connectivity index (χ1n) is 6.98. The van der Waals surface area contributed by atoms with Gasteiger partial charge in [-0.2, -0.15) is 0 Å². The number of rotatable bonds is 6. The molecule has 0 saturated heterocycles. The fourth-order valence-corrected chi connectivity index (χ4v) is 3.33. The van der Waals surface area contributed by atoms with Crippen LogP contribution >= 0.6 is 11.3 Å². The zero-order valence-corrected chi connectivity index (χ0v) is 11.9. The predicted molar refractivity (Wildman–Crippen MR) is 75.6 cm³/mol. The third-order valence-electron chi connectivity index (χ3n) is 3.91. The maximum atomic E-state index is 12.0. The second-order valence-electron chi connectivity index (χ2n) is 5.61. The van der Waals surface area contributed by atoms with Crippen molar-refractivity contribution < 1.29 is 14.7 Å². The average molecular weight is 294 g/mol. The average Bonchev–Trinajstić information content (AvgIpc) is 3.33. The smallest absolute Gasteiger partial charge is 0.331 e. The van der Waals surface area contributed by atoms with Crippen LogP contribution in [0.4, 0.5) is 4.79 Å². The van der Waals surface area contributed by atoms with Gasteiger partial charge in [-0.05, 0) is 49.0 Å². The Bertz CT molecular complexity index is 483. The lowest BCUT2D eigenvalue weighted by molar-refractivity contribution is -0.139. The molecule has 0 bridgehead atoms. The number of nitrogens with one attached hydrogen (secondary N) is 2. The second kappa shape index (κ2) is 5.44. The summed E-state index contributed by atoms with van der Waals surface area (Å²) in [6.07, 6.45) is 4.70. The standard InChI is InChI=1S/C14H18N2O3S/c17-13(18)12(10-2-1-7-20-10)16-14(19)15-11(8-3-4-8)9-5-6-9/h1-2,7-9,11-12H,3-6H2,(H,17,18)(H2,15,16,19). The third-order valence-corrected chi connectivity index (χ3v) is 4.84. The monoisotopic (exact) mass is 294 g/mol. The molecule has 1 aromatic rings. The lowest BCUT2D eigenvalue weighted by atomic mass is 10.1. The Hall–Kier alpha value is -1.56. The largest absolute Gasteiger partial charge is 0.479 e. The summed E-state index contributed by atoms with van der Waals surface area (Å²) in [6, 6.07) is 2.41. The maximum Gasteiger partial charge on any atom is 0.331 e. The van der Waals surface area contributed by atoms with E-state index in [1.807, 2.05) is 5.38 Å². The normalized spacial score (nSPS) is 19.6. The van der Waals surface area contributed by atoms with Crippen molar-refractivity contribution >= 4 is 23.3 Å². The van der Waals surface area contributed by atoms with Gasteiger partial charge < -0.3 is 15.7 Å². The number of urea groups is 1. The van der Waals surface area contributed by atoms with E-state index < -0.39 is 12.0 Å². The summed E-state index contributed by atoms with van der Waals surface area (Å²) in [6.45, 7) is 0. The van der Waals surface area contributed by atoms with E-state index in [0.717, 1.165) is 0 Å². The van der Waals surface area contributed by atoms with Gasteiger partial charge in [0, 0.05) is 10.9 Å². The van der Waals surface area contributed by atoms with Crippen molar-refractivity contribution in [2.75, 3.05) is 0 Å². The highest BCUT2D eigenvalue weighted by Crippen LogP contribution is 2.44. The summed E-state index contributed by atoms with van der Waals surface area (Å²) < 4.78 is 0. The number of carbonyl (C=O) groups excluding carboxylic acids is 1. The lowest BCUT2D eigenvalue weighted by Gasteiger charge is -2.20. The first kappa shape index (κ1) is 13.4. The fourth-order valence-electron chi connectivity index (χ4n) is 2.57. The van der Waals surface area contributed by atoms with E-state index in [9.17, 15) is 14.7 Å². The van der Waals surface area contributed by atoms with Crippen molar-refractivity contribution in [3.63, 3.8) is 0 Å². The molecule has 0 aromatic carbocycles. The number of thiophene rings is 1. The van der Waals surface area contributed by atoms with E-state index in [4.69, 9.17) is 0 Å². The van der Waals surface area contributed by atoms with Crippen LogP contribution in [-0.2, 0) is 4.79 Å². The minimum atomic E-state index is -1.03. The van der Waals surface area contributed by atoms with Gasteiger partial charge in [-0.15, -0.1) is 11.3 Å². The summed E-state index contributed by atoms with van der Waals surface area (Å²) in [5.74, 6) is 0.161. The number of carbonyl (C=O) groups is 2. The molecule has 1 heterocycles. The van der Waals surface area contributed by atoms with Crippen molar-refractivity contribution in [2.24, 2.45) is 11.8 Å². The fraction of sp³-hybridized carbons (Fsp3) is 0.571. The Morgan fingerprint density at radius 3 is 2.30 bits per heavy atom. The molecule has 0 radical (unpaired) electrons. The summed E-state index contributed by atoms with van der Waals surface area (Å²) in [7, 11) is 0. The molecule has 6 heteroatoms. The molecule has 2 saturated carbocycles. The Morgan fingerprint density at radius 2 is 1.85 bits per heavy atom. The van der Waals surface area contributed by atoms with Crippen molar-refractivity contribution in [2.45, 2.75) is 37.8 Å². The lowest BCUT2D eigenvalue weighted by Crippen LogP contribution is -2.46. The highest BCUT2D eigenvalue weighted by Gasteiger charge is 2.42. The topological polar surface area (TPSA) is 78.4 Å². The zero-order valence-electron chi connectivity index (χ0n) is 11.0. The van der Waals surface area contributed by atoms with Crippen LogP contribution in [0.3, 0.4) is 0 Å². The van der Waals surface area contributed by atoms with Crippen LogP contribution in [0.15, 0.2) is 17.5 Å². The molecule has 108 valence electrons. The highest BCUT2D eigenvalue weighted by atomic mass is 32.1. The molecule has 3 rings (SSSR count). The van der Waals surface area contributed by atoms with Crippen LogP contribution in [-0.4, -0.2) is 23.1 Å². The predicted octanol–water partition coefficient (Wildman–Crippen LogP) is 2.36. The van der Waals surface area contributed by atoms with Crippen LogP contribution in [0.2, 0.25) is 0 Å². The van der Waals surface area contributed by atoms with Crippen LogP contribution in [0.5, 0.6) is 0 Å². The Kier molecular flexibility index (Phi) is 3.65. The van der Waals surface area contributed by atoms with E-state index in [1.165, 1.54) is 37.0 Å². The molecule has 2 amide bonds. The van der Waals surface area contributed by atoms with Gasteiger partial charge in [-0.1, -0.05) is 6.07 Å². The van der Waals surface area contributed by atoms with E-state index in [2.05, 4.69) is 10.6 Å². The van der Waals surface area contributed by atoms with Gasteiger partial charge in [-0.3, -0.25) is 0 Å². The molecule has 0 aliphatic heterocycles. The van der Waals surface area contributed by atoms with Gasteiger partial charge in [0.15, 0.2) is 6.04 Å².